The van der Waals surface area contributed by atoms with Crippen LogP contribution in [-0.2, 0) is 5.41 Å². The third kappa shape index (κ3) is 1.26. The van der Waals surface area contributed by atoms with Gasteiger partial charge < -0.3 is 4.90 Å². The maximum absolute atomic E-state index is 2.60. The third-order valence-electron chi connectivity index (χ3n) is 6.30. The van der Waals surface area contributed by atoms with Crippen LogP contribution in [0.15, 0.2) is 30.4 Å². The highest BCUT2D eigenvalue weighted by Crippen LogP contribution is 2.60. The molecule has 1 nitrogen and oxygen atoms in total. The quantitative estimate of drug-likeness (QED) is 0.619. The van der Waals surface area contributed by atoms with Crippen LogP contribution in [0.2, 0.25) is 0 Å². The smallest absolute Gasteiger partial charge is 0.0620 e. The number of rotatable bonds is 0. The number of fused-ring (bicyclic) bond motifs is 3. The molecule has 2 aliphatic heterocycles. The van der Waals surface area contributed by atoms with E-state index in [1.54, 1.807) is 0 Å². The molecular formula is C18H25N. The normalized spacial score (nSPS) is 30.1. The van der Waals surface area contributed by atoms with Crippen molar-refractivity contribution in [3.63, 3.8) is 0 Å². The largest absolute Gasteiger partial charge is 0.358 e. The molecule has 102 valence electrons. The van der Waals surface area contributed by atoms with Crippen LogP contribution in [0, 0.1) is 12.3 Å². The second kappa shape index (κ2) is 3.45. The molecule has 0 saturated carbocycles. The summed E-state index contributed by atoms with van der Waals surface area (Å²) in [5.41, 5.74) is 4.81. The Labute approximate surface area is 117 Å². The number of aryl methyl sites for hydroxylation is 1. The van der Waals surface area contributed by atoms with Crippen LogP contribution in [0.4, 0.5) is 5.69 Å². The van der Waals surface area contributed by atoms with Crippen LogP contribution in [0.1, 0.15) is 45.7 Å². The lowest BCUT2D eigenvalue weighted by Crippen LogP contribution is -2.63. The summed E-state index contributed by atoms with van der Waals surface area (Å²) >= 11 is 0. The minimum absolute atomic E-state index is 0.107. The van der Waals surface area contributed by atoms with Crippen LogP contribution in [0.3, 0.4) is 0 Å². The predicted molar refractivity (Wildman–Crippen MR) is 82.9 cm³/mol. The molecule has 0 radical (unpaired) electrons. The molecule has 1 aromatic carbocycles. The van der Waals surface area contributed by atoms with Crippen molar-refractivity contribution in [1.82, 2.24) is 0 Å². The predicted octanol–water partition coefficient (Wildman–Crippen LogP) is 4.45. The molecule has 3 rings (SSSR count). The van der Waals surface area contributed by atoms with Crippen molar-refractivity contribution in [2.45, 2.75) is 52.5 Å². The number of anilines is 1. The highest BCUT2D eigenvalue weighted by atomic mass is 15.2. The van der Waals surface area contributed by atoms with Crippen molar-refractivity contribution in [2.75, 3.05) is 11.4 Å². The number of hydrogen-bond donors (Lipinski definition) is 0. The van der Waals surface area contributed by atoms with E-state index in [4.69, 9.17) is 0 Å². The minimum atomic E-state index is 0.107. The topological polar surface area (TPSA) is 3.24 Å². The molecule has 2 aliphatic rings. The molecule has 1 heteroatoms. The highest BCUT2D eigenvalue weighted by molar-refractivity contribution is 5.69. The first-order valence-corrected chi connectivity index (χ1v) is 7.29. The van der Waals surface area contributed by atoms with Crippen LogP contribution < -0.4 is 4.90 Å². The number of nitrogens with zero attached hydrogens (tertiary/aromatic N) is 1. The summed E-state index contributed by atoms with van der Waals surface area (Å²) in [5, 5.41) is 0. The summed E-state index contributed by atoms with van der Waals surface area (Å²) in [6, 6.07) is 6.77. The van der Waals surface area contributed by atoms with Gasteiger partial charge in [-0.15, -0.1) is 0 Å². The maximum atomic E-state index is 2.60. The van der Waals surface area contributed by atoms with Gasteiger partial charge in [0.25, 0.3) is 0 Å². The van der Waals surface area contributed by atoms with Crippen molar-refractivity contribution < 1.29 is 0 Å². The summed E-state index contributed by atoms with van der Waals surface area (Å²) in [5.74, 6) is 0. The monoisotopic (exact) mass is 255 g/mol. The van der Waals surface area contributed by atoms with Gasteiger partial charge in [-0.3, -0.25) is 0 Å². The fourth-order valence-electron chi connectivity index (χ4n) is 4.03. The van der Waals surface area contributed by atoms with Crippen molar-refractivity contribution >= 4 is 5.69 Å². The van der Waals surface area contributed by atoms with Gasteiger partial charge in [-0.2, -0.15) is 0 Å². The van der Waals surface area contributed by atoms with Gasteiger partial charge in [0.2, 0.25) is 0 Å². The first-order chi connectivity index (χ1) is 8.73. The molecule has 2 heterocycles. The molecule has 0 aliphatic carbocycles. The Bertz CT molecular complexity index is 565. The zero-order valence-electron chi connectivity index (χ0n) is 13.0. The van der Waals surface area contributed by atoms with Crippen molar-refractivity contribution in [1.29, 1.82) is 0 Å². The average Bonchev–Trinajstić information content (AvgIpc) is 2.71. The summed E-state index contributed by atoms with van der Waals surface area (Å²) in [6.07, 6.45) is 4.75. The van der Waals surface area contributed by atoms with E-state index in [-0.39, 0.29) is 16.4 Å². The van der Waals surface area contributed by atoms with E-state index >= 15 is 0 Å². The minimum Gasteiger partial charge on any atom is -0.358 e. The lowest BCUT2D eigenvalue weighted by Gasteiger charge is -2.61. The van der Waals surface area contributed by atoms with Crippen molar-refractivity contribution in [3.8, 4) is 0 Å². The van der Waals surface area contributed by atoms with E-state index in [1.807, 2.05) is 0 Å². The molecule has 0 amide bonds. The van der Waals surface area contributed by atoms with Gasteiger partial charge in [0, 0.05) is 17.6 Å². The second-order valence-corrected chi connectivity index (χ2v) is 7.38. The number of hydrogen-bond acceptors (Lipinski definition) is 1. The van der Waals surface area contributed by atoms with Crippen LogP contribution in [0.25, 0.3) is 0 Å². The second-order valence-electron chi connectivity index (χ2n) is 7.38. The Morgan fingerprint density at radius 2 is 1.74 bits per heavy atom. The summed E-state index contributed by atoms with van der Waals surface area (Å²) in [4.78, 5) is 2.60. The Hall–Kier alpha value is -1.24. The van der Waals surface area contributed by atoms with E-state index in [0.29, 0.717) is 0 Å². The first kappa shape index (κ1) is 12.8. The highest BCUT2D eigenvalue weighted by Gasteiger charge is 2.58. The van der Waals surface area contributed by atoms with Crippen LogP contribution >= 0.6 is 0 Å². The molecule has 1 atom stereocenters. The SMILES string of the molecule is Cc1cccc2c1N1CC=CC1(C)C(C)(C)C2(C)C. The zero-order valence-corrected chi connectivity index (χ0v) is 13.0. The Morgan fingerprint density at radius 1 is 1.05 bits per heavy atom. The third-order valence-corrected chi connectivity index (χ3v) is 6.30. The summed E-state index contributed by atoms with van der Waals surface area (Å²) in [7, 11) is 0. The van der Waals surface area contributed by atoms with Gasteiger partial charge in [-0.05, 0) is 30.4 Å². The van der Waals surface area contributed by atoms with Gasteiger partial charge in [0.1, 0.15) is 0 Å². The number of para-hydroxylation sites is 1. The molecule has 0 N–H and O–H groups in total. The van der Waals surface area contributed by atoms with Crippen LogP contribution in [-0.4, -0.2) is 12.1 Å². The molecule has 0 bridgehead atoms. The fourth-order valence-corrected chi connectivity index (χ4v) is 4.03. The Kier molecular flexibility index (Phi) is 2.32. The van der Waals surface area contributed by atoms with E-state index in [2.05, 4.69) is 76.8 Å². The van der Waals surface area contributed by atoms with Crippen LogP contribution in [0.5, 0.6) is 0 Å². The molecule has 0 fully saturated rings. The lowest BCUT2D eigenvalue weighted by molar-refractivity contribution is 0.102. The van der Waals surface area contributed by atoms with Gasteiger partial charge in [0.15, 0.2) is 0 Å². The first-order valence-electron chi connectivity index (χ1n) is 7.29. The molecule has 0 aromatic heterocycles. The van der Waals surface area contributed by atoms with E-state index < -0.39 is 0 Å². The van der Waals surface area contributed by atoms with Gasteiger partial charge in [-0.1, -0.05) is 58.0 Å². The molecule has 0 saturated heterocycles. The Balaban J connectivity index is 2.37. The lowest BCUT2D eigenvalue weighted by atomic mass is 9.52. The standard InChI is InChI=1S/C18H25N/c1-13-9-7-10-14-15(13)19-12-8-11-18(19,6)17(4,5)16(14,2)3/h7-11H,12H2,1-6H3. The molecular weight excluding hydrogens is 230 g/mol. The average molecular weight is 255 g/mol. The summed E-state index contributed by atoms with van der Waals surface area (Å²) < 4.78 is 0. The number of benzene rings is 1. The molecule has 0 spiro atoms. The Morgan fingerprint density at radius 3 is 2.42 bits per heavy atom. The van der Waals surface area contributed by atoms with Gasteiger partial charge >= 0.3 is 0 Å². The fraction of sp³-hybridized carbons (Fsp3) is 0.556. The van der Waals surface area contributed by atoms with Gasteiger partial charge in [0.05, 0.1) is 5.54 Å². The van der Waals surface area contributed by atoms with Crippen molar-refractivity contribution in [3.05, 3.63) is 41.5 Å². The zero-order chi connectivity index (χ0) is 14.1. The van der Waals surface area contributed by atoms with E-state index in [9.17, 15) is 0 Å². The van der Waals surface area contributed by atoms with E-state index in [0.717, 1.165) is 6.54 Å². The van der Waals surface area contributed by atoms with Gasteiger partial charge in [-0.25, -0.2) is 0 Å². The molecule has 1 unspecified atom stereocenters. The molecule has 19 heavy (non-hydrogen) atoms. The van der Waals surface area contributed by atoms with Crippen molar-refractivity contribution in [2.24, 2.45) is 5.41 Å². The van der Waals surface area contributed by atoms with E-state index in [1.165, 1.54) is 16.8 Å². The maximum Gasteiger partial charge on any atom is 0.0620 e. The summed E-state index contributed by atoms with van der Waals surface area (Å²) in [6.45, 7) is 15.3. The molecule has 1 aromatic rings.